The summed E-state index contributed by atoms with van der Waals surface area (Å²) in [5.41, 5.74) is 1.84. The minimum absolute atomic E-state index is 0.233. The van der Waals surface area contributed by atoms with E-state index < -0.39 is 0 Å². The van der Waals surface area contributed by atoms with Crippen LogP contribution in [0.1, 0.15) is 12.0 Å². The van der Waals surface area contributed by atoms with Gasteiger partial charge in [0.25, 0.3) is 0 Å². The molecule has 0 aliphatic rings. The number of hydrogen-bond acceptors (Lipinski definition) is 2. The van der Waals surface area contributed by atoms with E-state index in [-0.39, 0.29) is 11.8 Å². The number of nitrogens with one attached hydrogen (secondary N) is 2. The number of carbonyl (C=O) groups excluding carboxylic acids is 1. The molecule has 4 nitrogen and oxygen atoms in total. The first-order valence-electron chi connectivity index (χ1n) is 6.72. The number of rotatable bonds is 5. The van der Waals surface area contributed by atoms with Gasteiger partial charge in [0.15, 0.2) is 0 Å². The predicted octanol–water partition coefficient (Wildman–Crippen LogP) is 3.80. The molecule has 0 saturated carbocycles. The Hall–Kier alpha value is -2.20. The Morgan fingerprint density at radius 3 is 2.38 bits per heavy atom. The summed E-state index contributed by atoms with van der Waals surface area (Å²) in [4.78, 5) is 11.7. The lowest BCUT2D eigenvalue weighted by atomic mass is 10.1. The van der Waals surface area contributed by atoms with E-state index in [2.05, 4.69) is 10.6 Å². The van der Waals surface area contributed by atoms with Crippen molar-refractivity contribution >= 4 is 23.3 Å². The number of phenolic OH excluding ortho intramolecular Hbond substituents is 1. The highest BCUT2D eigenvalue weighted by Crippen LogP contribution is 2.13. The van der Waals surface area contributed by atoms with Gasteiger partial charge >= 0.3 is 6.03 Å². The van der Waals surface area contributed by atoms with Crippen molar-refractivity contribution in [3.63, 3.8) is 0 Å². The van der Waals surface area contributed by atoms with E-state index in [0.29, 0.717) is 17.3 Å². The molecule has 0 aromatic heterocycles. The zero-order valence-electron chi connectivity index (χ0n) is 11.5. The third-order valence-electron chi connectivity index (χ3n) is 2.97. The van der Waals surface area contributed by atoms with Crippen LogP contribution in [-0.4, -0.2) is 17.7 Å². The van der Waals surface area contributed by atoms with Gasteiger partial charge in [-0.2, -0.15) is 0 Å². The molecule has 0 aliphatic heterocycles. The molecule has 2 rings (SSSR count). The molecule has 0 saturated heterocycles. The number of anilines is 1. The van der Waals surface area contributed by atoms with Crippen LogP contribution in [-0.2, 0) is 6.42 Å². The molecule has 0 aliphatic carbocycles. The molecule has 0 heterocycles. The Bertz CT molecular complexity index is 582. The van der Waals surface area contributed by atoms with E-state index in [0.717, 1.165) is 18.4 Å². The van der Waals surface area contributed by atoms with Gasteiger partial charge in [-0.25, -0.2) is 4.79 Å². The van der Waals surface area contributed by atoms with Gasteiger partial charge in [0.1, 0.15) is 5.75 Å². The van der Waals surface area contributed by atoms with Crippen molar-refractivity contribution < 1.29 is 9.90 Å². The first-order chi connectivity index (χ1) is 10.1. The fourth-order valence-corrected chi connectivity index (χ4v) is 1.99. The summed E-state index contributed by atoms with van der Waals surface area (Å²) >= 11 is 5.77. The van der Waals surface area contributed by atoms with Gasteiger partial charge in [0.05, 0.1) is 0 Å². The molecule has 2 aromatic carbocycles. The third kappa shape index (κ3) is 5.36. The zero-order chi connectivity index (χ0) is 15.1. The largest absolute Gasteiger partial charge is 0.508 e. The summed E-state index contributed by atoms with van der Waals surface area (Å²) in [6.07, 6.45) is 1.68. The molecule has 2 amide bonds. The third-order valence-corrected chi connectivity index (χ3v) is 3.22. The summed E-state index contributed by atoms with van der Waals surface area (Å²) in [5, 5.41) is 15.3. The van der Waals surface area contributed by atoms with Crippen molar-refractivity contribution in [1.82, 2.24) is 5.32 Å². The van der Waals surface area contributed by atoms with Crippen molar-refractivity contribution in [1.29, 1.82) is 0 Å². The first kappa shape index (κ1) is 15.2. The Kier molecular flexibility index (Phi) is 5.46. The second kappa shape index (κ2) is 7.55. The number of urea groups is 1. The van der Waals surface area contributed by atoms with Crippen LogP contribution in [0.3, 0.4) is 0 Å². The number of benzene rings is 2. The van der Waals surface area contributed by atoms with Crippen LogP contribution >= 0.6 is 11.6 Å². The van der Waals surface area contributed by atoms with Crippen molar-refractivity contribution in [2.75, 3.05) is 11.9 Å². The Morgan fingerprint density at radius 1 is 1.05 bits per heavy atom. The summed E-state index contributed by atoms with van der Waals surface area (Å²) in [7, 11) is 0. The molecule has 2 aromatic rings. The standard InChI is InChI=1S/C16H17ClN2O2/c17-13-5-7-14(8-6-13)19-16(21)18-11-1-2-12-3-9-15(20)10-4-12/h3-10,20H,1-2,11H2,(H2,18,19,21). The van der Waals surface area contributed by atoms with Gasteiger partial charge in [-0.05, 0) is 54.8 Å². The molecule has 21 heavy (non-hydrogen) atoms. The number of halogens is 1. The maximum absolute atomic E-state index is 11.7. The highest BCUT2D eigenvalue weighted by Gasteiger charge is 2.01. The summed E-state index contributed by atoms with van der Waals surface area (Å²) in [5.74, 6) is 0.263. The van der Waals surface area contributed by atoms with Crippen LogP contribution in [0.2, 0.25) is 5.02 Å². The van der Waals surface area contributed by atoms with E-state index in [9.17, 15) is 9.90 Å². The fraction of sp³-hybridized carbons (Fsp3) is 0.188. The molecule has 0 unspecified atom stereocenters. The summed E-state index contributed by atoms with van der Waals surface area (Å²) < 4.78 is 0. The zero-order valence-corrected chi connectivity index (χ0v) is 12.2. The quantitative estimate of drug-likeness (QED) is 0.736. The number of amides is 2. The maximum Gasteiger partial charge on any atom is 0.319 e. The van der Waals surface area contributed by atoms with Crippen molar-refractivity contribution in [2.45, 2.75) is 12.8 Å². The van der Waals surface area contributed by atoms with Crippen LogP contribution in [0.5, 0.6) is 5.75 Å². The Labute approximate surface area is 128 Å². The average molecular weight is 305 g/mol. The van der Waals surface area contributed by atoms with Gasteiger partial charge < -0.3 is 15.7 Å². The van der Waals surface area contributed by atoms with Crippen LogP contribution in [0.4, 0.5) is 10.5 Å². The van der Waals surface area contributed by atoms with Gasteiger partial charge in [0.2, 0.25) is 0 Å². The van der Waals surface area contributed by atoms with E-state index in [1.54, 1.807) is 36.4 Å². The number of hydrogen-bond donors (Lipinski definition) is 3. The second-order valence-corrected chi connectivity index (χ2v) is 5.09. The highest BCUT2D eigenvalue weighted by molar-refractivity contribution is 6.30. The topological polar surface area (TPSA) is 61.4 Å². The highest BCUT2D eigenvalue weighted by atomic mass is 35.5. The van der Waals surface area contributed by atoms with E-state index in [1.165, 1.54) is 0 Å². The molecule has 5 heteroatoms. The summed E-state index contributed by atoms with van der Waals surface area (Å²) in [6.45, 7) is 0.584. The molecule has 0 radical (unpaired) electrons. The monoisotopic (exact) mass is 304 g/mol. The number of carbonyl (C=O) groups is 1. The molecule has 0 atom stereocenters. The molecular weight excluding hydrogens is 288 g/mol. The first-order valence-corrected chi connectivity index (χ1v) is 7.09. The maximum atomic E-state index is 11.7. The van der Waals surface area contributed by atoms with Crippen LogP contribution in [0.15, 0.2) is 48.5 Å². The number of aromatic hydroxyl groups is 1. The van der Waals surface area contributed by atoms with Crippen LogP contribution < -0.4 is 10.6 Å². The van der Waals surface area contributed by atoms with Crippen molar-refractivity contribution in [3.05, 3.63) is 59.1 Å². The lowest BCUT2D eigenvalue weighted by Crippen LogP contribution is -2.29. The van der Waals surface area contributed by atoms with Crippen molar-refractivity contribution in [3.8, 4) is 5.75 Å². The van der Waals surface area contributed by atoms with Crippen molar-refractivity contribution in [2.24, 2.45) is 0 Å². The van der Waals surface area contributed by atoms with E-state index in [1.807, 2.05) is 12.1 Å². The molecule has 0 bridgehead atoms. The lowest BCUT2D eigenvalue weighted by Gasteiger charge is -2.07. The SMILES string of the molecule is O=C(NCCCc1ccc(O)cc1)Nc1ccc(Cl)cc1. The molecular formula is C16H17ClN2O2. The van der Waals surface area contributed by atoms with Crippen LogP contribution in [0.25, 0.3) is 0 Å². The second-order valence-electron chi connectivity index (χ2n) is 4.66. The lowest BCUT2D eigenvalue weighted by molar-refractivity contribution is 0.252. The average Bonchev–Trinajstić information content (AvgIpc) is 2.48. The normalized spacial score (nSPS) is 10.1. The molecule has 3 N–H and O–H groups in total. The fourth-order valence-electron chi connectivity index (χ4n) is 1.87. The molecule has 0 fully saturated rings. The molecule has 110 valence electrons. The van der Waals surface area contributed by atoms with Crippen LogP contribution in [0, 0.1) is 0 Å². The Balaban J connectivity index is 1.67. The minimum atomic E-state index is -0.233. The summed E-state index contributed by atoms with van der Waals surface area (Å²) in [6, 6.07) is 13.8. The Morgan fingerprint density at radius 2 is 1.71 bits per heavy atom. The number of aryl methyl sites for hydroxylation is 1. The smallest absolute Gasteiger partial charge is 0.319 e. The number of phenols is 1. The predicted molar refractivity (Wildman–Crippen MR) is 84.9 cm³/mol. The van der Waals surface area contributed by atoms with E-state index >= 15 is 0 Å². The molecule has 0 spiro atoms. The van der Waals surface area contributed by atoms with Gasteiger partial charge in [0, 0.05) is 17.3 Å². The minimum Gasteiger partial charge on any atom is -0.508 e. The van der Waals surface area contributed by atoms with Gasteiger partial charge in [-0.15, -0.1) is 0 Å². The van der Waals surface area contributed by atoms with E-state index in [4.69, 9.17) is 11.6 Å². The van der Waals surface area contributed by atoms with Gasteiger partial charge in [-0.1, -0.05) is 23.7 Å². The van der Waals surface area contributed by atoms with Gasteiger partial charge in [-0.3, -0.25) is 0 Å².